The molecule has 4 rings (SSSR count). The summed E-state index contributed by atoms with van der Waals surface area (Å²) in [5.74, 6) is 0.406. The number of nitrogens with one attached hydrogen (secondary N) is 1. The number of rotatable bonds is 7. The molecule has 0 radical (unpaired) electrons. The highest BCUT2D eigenvalue weighted by molar-refractivity contribution is 6.74. The Bertz CT molecular complexity index is 1190. The van der Waals surface area contributed by atoms with Crippen LogP contribution in [0.15, 0.2) is 60.9 Å². The first-order valence-corrected chi connectivity index (χ1v) is 15.8. The standard InChI is InChI=1S/C29H37F3N2O2Si/c1-28(2,3)37(4,5)36-24-14-16-34-22(17-24)18-27(25-8-6-7-20-13-15-33-19-26(20)25)35-23-11-9-21(10-12-23)29(30,31)32/h6-13,15,19,22,24,27,34H,14,16-18H2,1-5H3/t22-,24+,27-/m1/s1. The van der Waals surface area contributed by atoms with Gasteiger partial charge in [0.15, 0.2) is 8.32 Å². The summed E-state index contributed by atoms with van der Waals surface area (Å²) in [5, 5.41) is 5.79. The zero-order chi connectivity index (χ0) is 26.8. The van der Waals surface area contributed by atoms with Crippen LogP contribution >= 0.6 is 0 Å². The minimum absolute atomic E-state index is 0.136. The van der Waals surface area contributed by atoms with Crippen LogP contribution in [0.3, 0.4) is 0 Å². The average Bonchev–Trinajstić information content (AvgIpc) is 2.82. The Morgan fingerprint density at radius 2 is 1.78 bits per heavy atom. The van der Waals surface area contributed by atoms with Gasteiger partial charge in [-0.15, -0.1) is 0 Å². The van der Waals surface area contributed by atoms with Gasteiger partial charge >= 0.3 is 6.18 Å². The van der Waals surface area contributed by atoms with Crippen LogP contribution in [0.1, 0.15) is 57.3 Å². The zero-order valence-corrected chi connectivity index (χ0v) is 23.2. The number of nitrogens with zero attached hydrogens (tertiary/aromatic N) is 1. The highest BCUT2D eigenvalue weighted by Crippen LogP contribution is 2.39. The van der Waals surface area contributed by atoms with E-state index in [0.29, 0.717) is 12.2 Å². The molecule has 1 aliphatic heterocycles. The van der Waals surface area contributed by atoms with E-state index in [0.717, 1.165) is 47.9 Å². The first kappa shape index (κ1) is 27.6. The van der Waals surface area contributed by atoms with Crippen LogP contribution in [-0.4, -0.2) is 32.0 Å². The number of halogens is 3. The van der Waals surface area contributed by atoms with Gasteiger partial charge in [-0.25, -0.2) is 0 Å². The van der Waals surface area contributed by atoms with Crippen molar-refractivity contribution in [2.75, 3.05) is 6.54 Å². The first-order valence-electron chi connectivity index (χ1n) is 12.9. The van der Waals surface area contributed by atoms with Crippen molar-refractivity contribution >= 4 is 19.1 Å². The topological polar surface area (TPSA) is 43.4 Å². The minimum Gasteiger partial charge on any atom is -0.486 e. The minimum atomic E-state index is -4.38. The summed E-state index contributed by atoms with van der Waals surface area (Å²) in [5.41, 5.74) is 0.282. The lowest BCUT2D eigenvalue weighted by atomic mass is 9.92. The van der Waals surface area contributed by atoms with Crippen molar-refractivity contribution in [2.45, 2.75) is 82.6 Å². The number of hydrogen-bond donors (Lipinski definition) is 1. The Balaban J connectivity index is 1.59. The van der Waals surface area contributed by atoms with Gasteiger partial charge in [0.1, 0.15) is 11.9 Å². The van der Waals surface area contributed by atoms with Crippen molar-refractivity contribution in [1.82, 2.24) is 10.3 Å². The maximum absolute atomic E-state index is 13.1. The van der Waals surface area contributed by atoms with Gasteiger partial charge in [0.2, 0.25) is 0 Å². The molecule has 1 N–H and O–H groups in total. The number of fused-ring (bicyclic) bond motifs is 1. The number of pyridine rings is 1. The van der Waals surface area contributed by atoms with E-state index in [9.17, 15) is 13.2 Å². The summed E-state index contributed by atoms with van der Waals surface area (Å²) in [6.07, 6.45) is 1.49. The molecule has 37 heavy (non-hydrogen) atoms. The molecule has 0 aliphatic carbocycles. The molecule has 1 aromatic heterocycles. The van der Waals surface area contributed by atoms with Gasteiger partial charge in [0.25, 0.3) is 0 Å². The van der Waals surface area contributed by atoms with Crippen molar-refractivity contribution in [3.63, 3.8) is 0 Å². The van der Waals surface area contributed by atoms with Crippen molar-refractivity contribution < 1.29 is 22.3 Å². The first-order chi connectivity index (χ1) is 17.3. The third-order valence-electron chi connectivity index (χ3n) is 7.74. The number of hydrogen-bond acceptors (Lipinski definition) is 4. The maximum Gasteiger partial charge on any atom is 0.416 e. The molecule has 0 unspecified atom stereocenters. The van der Waals surface area contributed by atoms with Gasteiger partial charge in [-0.2, -0.15) is 13.2 Å². The predicted molar refractivity (Wildman–Crippen MR) is 144 cm³/mol. The molecular weight excluding hydrogens is 493 g/mol. The fourth-order valence-electron chi connectivity index (χ4n) is 4.65. The lowest BCUT2D eigenvalue weighted by molar-refractivity contribution is -0.137. The van der Waals surface area contributed by atoms with Crippen LogP contribution in [0.4, 0.5) is 13.2 Å². The summed E-state index contributed by atoms with van der Waals surface area (Å²) in [4.78, 5) is 4.31. The largest absolute Gasteiger partial charge is 0.486 e. The summed E-state index contributed by atoms with van der Waals surface area (Å²) in [6.45, 7) is 12.2. The Labute approximate surface area is 218 Å². The lowest BCUT2D eigenvalue weighted by Crippen LogP contribution is -2.49. The Morgan fingerprint density at radius 1 is 1.05 bits per heavy atom. The summed E-state index contributed by atoms with van der Waals surface area (Å²) in [7, 11) is -1.90. The molecule has 1 saturated heterocycles. The fourth-order valence-corrected chi connectivity index (χ4v) is 6.05. The normalized spacial score (nSPS) is 20.1. The molecule has 2 aromatic carbocycles. The summed E-state index contributed by atoms with van der Waals surface area (Å²) in [6, 6.07) is 13.1. The highest BCUT2D eigenvalue weighted by Gasteiger charge is 2.40. The number of piperidine rings is 1. The van der Waals surface area contributed by atoms with Gasteiger partial charge in [-0.1, -0.05) is 39.0 Å². The van der Waals surface area contributed by atoms with Crippen LogP contribution in [0.2, 0.25) is 18.1 Å². The van der Waals surface area contributed by atoms with Crippen LogP contribution in [0.5, 0.6) is 5.75 Å². The second kappa shape index (κ2) is 10.7. The van der Waals surface area contributed by atoms with Crippen LogP contribution < -0.4 is 10.1 Å². The third-order valence-corrected chi connectivity index (χ3v) is 12.3. The number of benzene rings is 2. The fraction of sp³-hybridized carbons (Fsp3) is 0.483. The van der Waals surface area contributed by atoms with E-state index in [1.807, 2.05) is 30.5 Å². The highest BCUT2D eigenvalue weighted by atomic mass is 28.4. The second-order valence-electron chi connectivity index (χ2n) is 11.5. The van der Waals surface area contributed by atoms with Gasteiger partial charge < -0.3 is 14.5 Å². The Kier molecular flexibility index (Phi) is 8.02. The molecule has 0 saturated carbocycles. The van der Waals surface area contributed by atoms with Gasteiger partial charge in [0.05, 0.1) is 5.56 Å². The molecule has 0 amide bonds. The van der Waals surface area contributed by atoms with Gasteiger partial charge in [-0.3, -0.25) is 4.98 Å². The van der Waals surface area contributed by atoms with E-state index in [-0.39, 0.29) is 23.3 Å². The van der Waals surface area contributed by atoms with Gasteiger partial charge in [0, 0.05) is 41.9 Å². The van der Waals surface area contributed by atoms with E-state index in [4.69, 9.17) is 9.16 Å². The molecule has 0 bridgehead atoms. The average molecular weight is 531 g/mol. The lowest BCUT2D eigenvalue weighted by Gasteiger charge is -2.42. The SMILES string of the molecule is CC(C)(C)[Si](C)(C)O[C@H]1CCN[C@@H](C[C@@H](Oc2ccc(C(F)(F)F)cc2)c2cccc3ccncc23)C1. The molecular formula is C29H37F3N2O2Si. The monoisotopic (exact) mass is 530 g/mol. The Hall–Kier alpha value is -2.42. The predicted octanol–water partition coefficient (Wildman–Crippen LogP) is 7.91. The van der Waals surface area contributed by atoms with E-state index in [1.165, 1.54) is 12.1 Å². The van der Waals surface area contributed by atoms with Crippen molar-refractivity contribution in [1.29, 1.82) is 0 Å². The third kappa shape index (κ3) is 6.72. The molecule has 1 aliphatic rings. The molecule has 8 heteroatoms. The molecule has 0 spiro atoms. The molecule has 2 heterocycles. The molecule has 3 aromatic rings. The summed E-state index contributed by atoms with van der Waals surface area (Å²) >= 11 is 0. The van der Waals surface area contributed by atoms with E-state index in [1.54, 1.807) is 6.20 Å². The van der Waals surface area contributed by atoms with E-state index >= 15 is 0 Å². The molecule has 1 fully saturated rings. The second-order valence-corrected chi connectivity index (χ2v) is 16.2. The van der Waals surface area contributed by atoms with Crippen molar-refractivity contribution in [2.24, 2.45) is 0 Å². The summed E-state index contributed by atoms with van der Waals surface area (Å²) < 4.78 is 52.4. The van der Waals surface area contributed by atoms with E-state index in [2.05, 4.69) is 44.2 Å². The van der Waals surface area contributed by atoms with E-state index < -0.39 is 20.1 Å². The molecule has 3 atom stereocenters. The van der Waals surface area contributed by atoms with Crippen LogP contribution in [0.25, 0.3) is 10.8 Å². The molecule has 200 valence electrons. The number of aromatic nitrogens is 1. The van der Waals surface area contributed by atoms with Crippen molar-refractivity contribution in [3.05, 3.63) is 72.1 Å². The Morgan fingerprint density at radius 3 is 2.46 bits per heavy atom. The van der Waals surface area contributed by atoms with Crippen LogP contribution in [0, 0.1) is 0 Å². The quantitative estimate of drug-likeness (QED) is 0.315. The maximum atomic E-state index is 13.1. The molecule has 4 nitrogen and oxygen atoms in total. The number of ether oxygens (including phenoxy) is 1. The van der Waals surface area contributed by atoms with Crippen molar-refractivity contribution in [3.8, 4) is 5.75 Å². The smallest absolute Gasteiger partial charge is 0.416 e. The number of alkyl halides is 3. The van der Waals surface area contributed by atoms with Gasteiger partial charge in [-0.05, 0) is 73.2 Å². The van der Waals surface area contributed by atoms with Crippen LogP contribution in [-0.2, 0) is 10.6 Å². The zero-order valence-electron chi connectivity index (χ0n) is 22.2.